The molecule has 0 spiro atoms. The Morgan fingerprint density at radius 3 is 2.53 bits per heavy atom. The summed E-state index contributed by atoms with van der Waals surface area (Å²) in [5.41, 5.74) is 6.12. The maximum Gasteiger partial charge on any atom is 0.225 e. The summed E-state index contributed by atoms with van der Waals surface area (Å²) < 4.78 is 23.1. The van der Waals surface area contributed by atoms with Crippen molar-refractivity contribution in [3.63, 3.8) is 0 Å². The average Bonchev–Trinajstić information content (AvgIpc) is 2.88. The second-order valence-electron chi connectivity index (χ2n) is 6.04. The van der Waals surface area contributed by atoms with Crippen LogP contribution in [0.15, 0.2) is 0 Å². The first-order chi connectivity index (χ1) is 8.84. The third kappa shape index (κ3) is 3.11. The molecule has 0 aromatic heterocycles. The molecule has 0 aromatic rings. The van der Waals surface area contributed by atoms with E-state index in [1.165, 1.54) is 0 Å². The maximum absolute atomic E-state index is 12.2. The van der Waals surface area contributed by atoms with Gasteiger partial charge in [0.15, 0.2) is 9.84 Å². The van der Waals surface area contributed by atoms with Crippen LogP contribution in [0.2, 0.25) is 0 Å². The summed E-state index contributed by atoms with van der Waals surface area (Å²) in [6.07, 6.45) is 3.27. The van der Waals surface area contributed by atoms with Crippen LogP contribution < -0.4 is 11.1 Å². The first kappa shape index (κ1) is 14.8. The van der Waals surface area contributed by atoms with Gasteiger partial charge in [0, 0.05) is 17.8 Å². The fourth-order valence-electron chi connectivity index (χ4n) is 3.60. The molecule has 2 fully saturated rings. The van der Waals surface area contributed by atoms with Crippen LogP contribution in [0.5, 0.6) is 0 Å². The van der Waals surface area contributed by atoms with E-state index in [0.29, 0.717) is 11.8 Å². The van der Waals surface area contributed by atoms with E-state index < -0.39 is 9.84 Å². The van der Waals surface area contributed by atoms with Crippen molar-refractivity contribution in [2.24, 2.45) is 23.5 Å². The Hall–Kier alpha value is -0.620. The Morgan fingerprint density at radius 1 is 1.37 bits per heavy atom. The SMILES string of the molecule is CCS(=O)(=O)CC(C)NC(=O)C1C2CCC(C2)C1N. The number of nitrogens with one attached hydrogen (secondary N) is 1. The summed E-state index contributed by atoms with van der Waals surface area (Å²) in [6, 6.07) is -0.391. The first-order valence-corrected chi connectivity index (χ1v) is 8.92. The molecule has 0 heterocycles. The minimum absolute atomic E-state index is 0.00525. The molecule has 6 heteroatoms. The fourth-order valence-corrected chi connectivity index (χ4v) is 4.69. The standard InChI is InChI=1S/C13H24N2O3S/c1-3-19(17,18)7-8(2)15-13(16)11-9-4-5-10(6-9)12(11)14/h8-12H,3-7,14H2,1-2H3,(H,15,16). The Balaban J connectivity index is 1.91. The van der Waals surface area contributed by atoms with Gasteiger partial charge >= 0.3 is 0 Å². The van der Waals surface area contributed by atoms with Gasteiger partial charge in [0.1, 0.15) is 0 Å². The molecule has 3 N–H and O–H groups in total. The highest BCUT2D eigenvalue weighted by Crippen LogP contribution is 2.47. The van der Waals surface area contributed by atoms with Gasteiger partial charge in [-0.25, -0.2) is 8.42 Å². The first-order valence-electron chi connectivity index (χ1n) is 7.10. The number of amides is 1. The van der Waals surface area contributed by atoms with E-state index in [4.69, 9.17) is 5.73 Å². The summed E-state index contributed by atoms with van der Waals surface area (Å²) in [6.45, 7) is 3.36. The van der Waals surface area contributed by atoms with Crippen LogP contribution in [0, 0.1) is 17.8 Å². The quantitative estimate of drug-likeness (QED) is 0.761. The van der Waals surface area contributed by atoms with Crippen LogP contribution in [-0.2, 0) is 14.6 Å². The van der Waals surface area contributed by atoms with Gasteiger partial charge in [-0.3, -0.25) is 4.79 Å². The predicted molar refractivity (Wildman–Crippen MR) is 74.2 cm³/mol. The largest absolute Gasteiger partial charge is 0.352 e. The molecular formula is C13H24N2O3S. The van der Waals surface area contributed by atoms with Crippen LogP contribution in [0.4, 0.5) is 0 Å². The highest BCUT2D eigenvalue weighted by molar-refractivity contribution is 7.91. The van der Waals surface area contributed by atoms with E-state index in [1.54, 1.807) is 13.8 Å². The monoisotopic (exact) mass is 288 g/mol. The normalized spacial score (nSPS) is 35.3. The van der Waals surface area contributed by atoms with Crippen molar-refractivity contribution in [1.82, 2.24) is 5.32 Å². The van der Waals surface area contributed by atoms with Crippen molar-refractivity contribution >= 4 is 15.7 Å². The number of carbonyl (C=O) groups is 1. The number of rotatable bonds is 5. The van der Waals surface area contributed by atoms with Crippen molar-refractivity contribution in [2.75, 3.05) is 11.5 Å². The third-order valence-electron chi connectivity index (χ3n) is 4.62. The molecule has 2 rings (SSSR count). The zero-order valence-corrected chi connectivity index (χ0v) is 12.4. The number of sulfone groups is 1. The van der Waals surface area contributed by atoms with Gasteiger partial charge in [0.25, 0.3) is 0 Å². The van der Waals surface area contributed by atoms with E-state index >= 15 is 0 Å². The summed E-state index contributed by atoms with van der Waals surface area (Å²) >= 11 is 0. The predicted octanol–water partition coefficient (Wildman–Crippen LogP) is 0.299. The lowest BCUT2D eigenvalue weighted by Gasteiger charge is -2.28. The van der Waals surface area contributed by atoms with Crippen LogP contribution >= 0.6 is 0 Å². The minimum atomic E-state index is -3.06. The molecule has 0 aliphatic heterocycles. The molecule has 5 atom stereocenters. The molecule has 19 heavy (non-hydrogen) atoms. The molecule has 2 saturated carbocycles. The van der Waals surface area contributed by atoms with Crippen molar-refractivity contribution in [3.05, 3.63) is 0 Å². The molecule has 5 unspecified atom stereocenters. The Labute approximate surface area is 115 Å². The van der Waals surface area contributed by atoms with Gasteiger partial charge in [0.05, 0.1) is 11.7 Å². The van der Waals surface area contributed by atoms with Crippen LogP contribution in [0.1, 0.15) is 33.1 Å². The minimum Gasteiger partial charge on any atom is -0.352 e. The van der Waals surface area contributed by atoms with E-state index in [2.05, 4.69) is 5.32 Å². The van der Waals surface area contributed by atoms with Crippen molar-refractivity contribution in [2.45, 2.75) is 45.2 Å². The average molecular weight is 288 g/mol. The van der Waals surface area contributed by atoms with E-state index in [-0.39, 0.29) is 35.4 Å². The summed E-state index contributed by atoms with van der Waals surface area (Å²) in [5, 5.41) is 2.83. The van der Waals surface area contributed by atoms with Crippen molar-refractivity contribution < 1.29 is 13.2 Å². The van der Waals surface area contributed by atoms with Gasteiger partial charge in [-0.1, -0.05) is 6.92 Å². The van der Waals surface area contributed by atoms with E-state index in [1.807, 2.05) is 0 Å². The summed E-state index contributed by atoms with van der Waals surface area (Å²) in [4.78, 5) is 12.2. The highest BCUT2D eigenvalue weighted by atomic mass is 32.2. The van der Waals surface area contributed by atoms with Crippen molar-refractivity contribution in [1.29, 1.82) is 0 Å². The van der Waals surface area contributed by atoms with E-state index in [0.717, 1.165) is 19.3 Å². The zero-order chi connectivity index (χ0) is 14.2. The topological polar surface area (TPSA) is 89.3 Å². The fraction of sp³-hybridized carbons (Fsp3) is 0.923. The van der Waals surface area contributed by atoms with Crippen LogP contribution in [0.3, 0.4) is 0 Å². The number of nitrogens with two attached hydrogens (primary N) is 1. The van der Waals surface area contributed by atoms with Crippen LogP contribution in [0.25, 0.3) is 0 Å². The number of hydrogen-bond acceptors (Lipinski definition) is 4. The summed E-state index contributed by atoms with van der Waals surface area (Å²) in [7, 11) is -3.06. The smallest absolute Gasteiger partial charge is 0.225 e. The Bertz CT molecular complexity index is 447. The van der Waals surface area contributed by atoms with Crippen LogP contribution in [-0.4, -0.2) is 37.9 Å². The lowest BCUT2D eigenvalue weighted by molar-refractivity contribution is -0.127. The summed E-state index contributed by atoms with van der Waals surface area (Å²) in [5.74, 6) is 0.820. The molecule has 0 aromatic carbocycles. The number of fused-ring (bicyclic) bond motifs is 2. The maximum atomic E-state index is 12.2. The van der Waals surface area contributed by atoms with Gasteiger partial charge in [-0.2, -0.15) is 0 Å². The Morgan fingerprint density at radius 2 is 2.00 bits per heavy atom. The molecule has 2 aliphatic carbocycles. The molecule has 2 bridgehead atoms. The molecule has 2 aliphatic rings. The lowest BCUT2D eigenvalue weighted by atomic mass is 9.84. The third-order valence-corrected chi connectivity index (χ3v) is 6.50. The lowest BCUT2D eigenvalue weighted by Crippen LogP contribution is -2.48. The number of carbonyl (C=O) groups excluding carboxylic acids is 1. The Kier molecular flexibility index (Phi) is 4.20. The molecule has 0 saturated heterocycles. The zero-order valence-electron chi connectivity index (χ0n) is 11.6. The van der Waals surface area contributed by atoms with Gasteiger partial charge < -0.3 is 11.1 Å². The van der Waals surface area contributed by atoms with E-state index in [9.17, 15) is 13.2 Å². The van der Waals surface area contributed by atoms with Gasteiger partial charge in [-0.05, 0) is 38.0 Å². The number of hydrogen-bond donors (Lipinski definition) is 2. The molecule has 1 amide bonds. The highest BCUT2D eigenvalue weighted by Gasteiger charge is 2.49. The molecule has 5 nitrogen and oxygen atoms in total. The van der Waals surface area contributed by atoms with Crippen molar-refractivity contribution in [3.8, 4) is 0 Å². The van der Waals surface area contributed by atoms with Gasteiger partial charge in [0.2, 0.25) is 5.91 Å². The second-order valence-corrected chi connectivity index (χ2v) is 8.44. The molecule has 0 radical (unpaired) electrons. The second kappa shape index (κ2) is 5.40. The van der Waals surface area contributed by atoms with Gasteiger partial charge in [-0.15, -0.1) is 0 Å². The molecular weight excluding hydrogens is 264 g/mol. The molecule has 110 valence electrons.